The van der Waals surface area contributed by atoms with E-state index < -0.39 is 23.1 Å². The van der Waals surface area contributed by atoms with Crippen molar-refractivity contribution in [3.05, 3.63) is 71.4 Å². The zero-order valence-electron chi connectivity index (χ0n) is 11.0. The minimum atomic E-state index is -0.871. The van der Waals surface area contributed by atoms with Crippen LogP contribution in [0.5, 0.6) is 0 Å². The van der Waals surface area contributed by atoms with Crippen molar-refractivity contribution < 1.29 is 13.6 Å². The Bertz CT molecular complexity index is 758. The van der Waals surface area contributed by atoms with E-state index in [1.165, 1.54) is 6.07 Å². The molecule has 106 valence electrons. The molecular formula is C16H12F2N2O. The Morgan fingerprint density at radius 1 is 1.05 bits per heavy atom. The highest BCUT2D eigenvalue weighted by Crippen LogP contribution is 2.15. The number of carbonyl (C=O) groups excluding carboxylic acids is 1. The van der Waals surface area contributed by atoms with Crippen LogP contribution in [-0.2, 0) is 6.54 Å². The minimum Gasteiger partial charge on any atom is -0.357 e. The number of benzene rings is 2. The lowest BCUT2D eigenvalue weighted by Crippen LogP contribution is -2.25. The lowest BCUT2D eigenvalue weighted by molar-refractivity contribution is 0.0942. The van der Waals surface area contributed by atoms with E-state index in [9.17, 15) is 13.6 Å². The molecule has 2 N–H and O–H groups in total. The van der Waals surface area contributed by atoms with Crippen LogP contribution in [0.15, 0.2) is 48.5 Å². The van der Waals surface area contributed by atoms with Crippen molar-refractivity contribution in [3.8, 4) is 0 Å². The number of fused-ring (bicyclic) bond motifs is 1. The monoisotopic (exact) mass is 286 g/mol. The number of H-pyrrole nitrogens is 1. The zero-order valence-corrected chi connectivity index (χ0v) is 11.0. The predicted octanol–water partition coefficient (Wildman–Crippen LogP) is 3.38. The number of amides is 1. The highest BCUT2D eigenvalue weighted by molar-refractivity contribution is 5.94. The fourth-order valence-electron chi connectivity index (χ4n) is 2.21. The first-order valence-electron chi connectivity index (χ1n) is 6.44. The molecule has 2 aromatic carbocycles. The van der Waals surface area contributed by atoms with Gasteiger partial charge < -0.3 is 10.3 Å². The van der Waals surface area contributed by atoms with Crippen molar-refractivity contribution in [3.63, 3.8) is 0 Å². The van der Waals surface area contributed by atoms with Gasteiger partial charge in [-0.25, -0.2) is 8.78 Å². The largest absolute Gasteiger partial charge is 0.357 e. The van der Waals surface area contributed by atoms with Crippen LogP contribution in [0.4, 0.5) is 8.78 Å². The van der Waals surface area contributed by atoms with Gasteiger partial charge in [-0.15, -0.1) is 0 Å². The van der Waals surface area contributed by atoms with Crippen LogP contribution in [0.1, 0.15) is 16.1 Å². The van der Waals surface area contributed by atoms with Gasteiger partial charge in [0.25, 0.3) is 5.91 Å². The van der Waals surface area contributed by atoms with Gasteiger partial charge in [0.1, 0.15) is 17.2 Å². The molecule has 3 rings (SSSR count). The molecule has 0 bridgehead atoms. The molecule has 3 nitrogen and oxygen atoms in total. The van der Waals surface area contributed by atoms with Gasteiger partial charge in [-0.1, -0.05) is 24.3 Å². The van der Waals surface area contributed by atoms with Crippen molar-refractivity contribution >= 4 is 16.8 Å². The number of para-hydroxylation sites is 1. The topological polar surface area (TPSA) is 44.9 Å². The van der Waals surface area contributed by atoms with E-state index in [0.29, 0.717) is 0 Å². The van der Waals surface area contributed by atoms with Gasteiger partial charge >= 0.3 is 0 Å². The number of rotatable bonds is 3. The molecule has 0 saturated carbocycles. The minimum absolute atomic E-state index is 0.168. The zero-order chi connectivity index (χ0) is 14.8. The second-order valence-corrected chi connectivity index (χ2v) is 4.66. The van der Waals surface area contributed by atoms with Crippen LogP contribution >= 0.6 is 0 Å². The quantitative estimate of drug-likeness (QED) is 0.761. The Kier molecular flexibility index (Phi) is 3.39. The molecule has 0 aliphatic rings. The smallest absolute Gasteiger partial charge is 0.257 e. The molecule has 0 spiro atoms. The average Bonchev–Trinajstić information content (AvgIpc) is 2.87. The first-order chi connectivity index (χ1) is 10.1. The molecule has 0 aliphatic carbocycles. The summed E-state index contributed by atoms with van der Waals surface area (Å²) in [6.45, 7) is 0.168. The van der Waals surface area contributed by atoms with E-state index in [0.717, 1.165) is 28.7 Å². The predicted molar refractivity (Wildman–Crippen MR) is 75.8 cm³/mol. The summed E-state index contributed by atoms with van der Waals surface area (Å²) in [5.41, 5.74) is 1.15. The van der Waals surface area contributed by atoms with Crippen molar-refractivity contribution in [2.24, 2.45) is 0 Å². The van der Waals surface area contributed by atoms with Crippen LogP contribution < -0.4 is 5.32 Å². The molecule has 0 unspecified atom stereocenters. The Balaban J connectivity index is 1.76. The molecule has 1 amide bonds. The summed E-state index contributed by atoms with van der Waals surface area (Å²) in [6.07, 6.45) is 0. The standard InChI is InChI=1S/C16H12F2N2O/c17-12-5-3-6-13(18)15(12)16(21)19-9-11-8-10-4-1-2-7-14(10)20-11/h1-8,20H,9H2,(H,19,21). The van der Waals surface area contributed by atoms with Crippen LogP contribution in [0.2, 0.25) is 0 Å². The maximum Gasteiger partial charge on any atom is 0.257 e. The first kappa shape index (κ1) is 13.3. The molecular weight excluding hydrogens is 274 g/mol. The van der Waals surface area contributed by atoms with Crippen LogP contribution in [0, 0.1) is 11.6 Å². The number of carbonyl (C=O) groups is 1. The fraction of sp³-hybridized carbons (Fsp3) is 0.0625. The molecule has 1 heterocycles. The third-order valence-corrected chi connectivity index (χ3v) is 3.21. The van der Waals surface area contributed by atoms with E-state index in [4.69, 9.17) is 0 Å². The van der Waals surface area contributed by atoms with Gasteiger partial charge in [-0.3, -0.25) is 4.79 Å². The number of nitrogens with one attached hydrogen (secondary N) is 2. The second-order valence-electron chi connectivity index (χ2n) is 4.66. The molecule has 3 aromatic rings. The van der Waals surface area contributed by atoms with E-state index in [2.05, 4.69) is 10.3 Å². The summed E-state index contributed by atoms with van der Waals surface area (Å²) < 4.78 is 27.0. The molecule has 0 fully saturated rings. The maximum atomic E-state index is 13.5. The third kappa shape index (κ3) is 2.63. The van der Waals surface area contributed by atoms with Crippen molar-refractivity contribution in [1.29, 1.82) is 0 Å². The normalized spacial score (nSPS) is 10.8. The molecule has 5 heteroatoms. The van der Waals surface area contributed by atoms with E-state index in [1.54, 1.807) is 0 Å². The summed E-state index contributed by atoms with van der Waals surface area (Å²) >= 11 is 0. The van der Waals surface area contributed by atoms with Crippen molar-refractivity contribution in [2.45, 2.75) is 6.54 Å². The second kappa shape index (κ2) is 5.36. The van der Waals surface area contributed by atoms with Gasteiger partial charge in [0.15, 0.2) is 0 Å². The van der Waals surface area contributed by atoms with E-state index in [1.807, 2.05) is 30.3 Å². The SMILES string of the molecule is O=C(NCc1cc2ccccc2[nH]1)c1c(F)cccc1F. The first-order valence-corrected chi connectivity index (χ1v) is 6.44. The van der Waals surface area contributed by atoms with Gasteiger partial charge in [0.2, 0.25) is 0 Å². The lowest BCUT2D eigenvalue weighted by Gasteiger charge is -2.05. The molecule has 0 saturated heterocycles. The van der Waals surface area contributed by atoms with Gasteiger partial charge in [-0.05, 0) is 29.7 Å². The highest BCUT2D eigenvalue weighted by atomic mass is 19.1. The van der Waals surface area contributed by atoms with Crippen molar-refractivity contribution in [1.82, 2.24) is 10.3 Å². The fourth-order valence-corrected chi connectivity index (χ4v) is 2.21. The Hall–Kier alpha value is -2.69. The van der Waals surface area contributed by atoms with Crippen molar-refractivity contribution in [2.75, 3.05) is 0 Å². The van der Waals surface area contributed by atoms with E-state index in [-0.39, 0.29) is 6.54 Å². The van der Waals surface area contributed by atoms with Gasteiger partial charge in [0.05, 0.1) is 6.54 Å². The Morgan fingerprint density at radius 2 is 1.76 bits per heavy atom. The summed E-state index contributed by atoms with van der Waals surface area (Å²) in [5, 5.41) is 3.52. The molecule has 1 aromatic heterocycles. The van der Waals surface area contributed by atoms with Crippen LogP contribution in [-0.4, -0.2) is 10.9 Å². The summed E-state index contributed by atoms with van der Waals surface area (Å²) in [4.78, 5) is 15.0. The molecule has 0 radical (unpaired) electrons. The molecule has 21 heavy (non-hydrogen) atoms. The van der Waals surface area contributed by atoms with Crippen LogP contribution in [0.25, 0.3) is 10.9 Å². The number of aromatic nitrogens is 1. The average molecular weight is 286 g/mol. The number of hydrogen-bond donors (Lipinski definition) is 2. The lowest BCUT2D eigenvalue weighted by atomic mass is 10.2. The van der Waals surface area contributed by atoms with Gasteiger partial charge in [0, 0.05) is 11.2 Å². The van der Waals surface area contributed by atoms with Gasteiger partial charge in [-0.2, -0.15) is 0 Å². The van der Waals surface area contributed by atoms with E-state index >= 15 is 0 Å². The summed E-state index contributed by atoms with van der Waals surface area (Å²) in [6, 6.07) is 12.9. The molecule has 0 aliphatic heterocycles. The number of aromatic amines is 1. The Labute approximate surface area is 119 Å². The molecule has 0 atom stereocenters. The summed E-state index contributed by atoms with van der Waals surface area (Å²) in [7, 11) is 0. The van der Waals surface area contributed by atoms with Crippen LogP contribution in [0.3, 0.4) is 0 Å². The summed E-state index contributed by atoms with van der Waals surface area (Å²) in [5.74, 6) is -2.52. The maximum absolute atomic E-state index is 13.5. The highest BCUT2D eigenvalue weighted by Gasteiger charge is 2.16. The third-order valence-electron chi connectivity index (χ3n) is 3.21. The number of hydrogen-bond acceptors (Lipinski definition) is 1. The Morgan fingerprint density at radius 3 is 2.48 bits per heavy atom. The number of halogens is 2.